The van der Waals surface area contributed by atoms with Gasteiger partial charge in [0.15, 0.2) is 0 Å². The predicted molar refractivity (Wildman–Crippen MR) is 202 cm³/mol. The highest BCUT2D eigenvalue weighted by molar-refractivity contribution is 7.99. The number of ether oxygens (including phenoxy) is 3. The summed E-state index contributed by atoms with van der Waals surface area (Å²) in [5.41, 5.74) is 5.70. The number of hydrogen-bond acceptors (Lipinski definition) is 9. The van der Waals surface area contributed by atoms with Crippen LogP contribution in [-0.2, 0) is 33.2 Å². The van der Waals surface area contributed by atoms with Gasteiger partial charge in [0.05, 0.1) is 24.3 Å². The van der Waals surface area contributed by atoms with E-state index in [1.54, 1.807) is 0 Å². The van der Waals surface area contributed by atoms with E-state index < -0.39 is 25.3 Å². The van der Waals surface area contributed by atoms with Crippen molar-refractivity contribution in [2.24, 2.45) is 5.73 Å². The van der Waals surface area contributed by atoms with Gasteiger partial charge in [0, 0.05) is 31.0 Å². The molecule has 0 radical (unpaired) electrons. The average Bonchev–Trinajstić information content (AvgIpc) is 3.83. The molecule has 0 aromatic carbocycles. The Bertz CT molecular complexity index is 948. The number of unbranched alkanes of at least 4 members (excludes halogenated alkanes) is 16. The van der Waals surface area contributed by atoms with E-state index in [0.29, 0.717) is 24.3 Å². The zero-order valence-corrected chi connectivity index (χ0v) is 33.1. The summed E-state index contributed by atoms with van der Waals surface area (Å²) in [4.78, 5) is 55.9. The van der Waals surface area contributed by atoms with Crippen LogP contribution in [0.1, 0.15) is 162 Å². The van der Waals surface area contributed by atoms with Gasteiger partial charge in [-0.15, -0.1) is 0 Å². The summed E-state index contributed by atoms with van der Waals surface area (Å²) in [6, 6.07) is -0.792. The maximum atomic E-state index is 12.8. The largest absolute Gasteiger partial charge is 0.462 e. The van der Waals surface area contributed by atoms with Crippen molar-refractivity contribution < 1.29 is 42.9 Å². The second-order valence-corrected chi connectivity index (χ2v) is 17.0. The fourth-order valence-corrected chi connectivity index (χ4v) is 7.14. The highest BCUT2D eigenvalue weighted by Gasteiger charge is 2.45. The zero-order valence-electron chi connectivity index (χ0n) is 31.3. The van der Waals surface area contributed by atoms with Crippen LogP contribution < -0.4 is 11.1 Å². The van der Waals surface area contributed by atoms with Gasteiger partial charge in [-0.05, 0) is 32.1 Å². The first-order valence-corrected chi connectivity index (χ1v) is 22.6. The minimum absolute atomic E-state index is 0.0172. The highest BCUT2D eigenvalue weighted by atomic mass is 32.2. The lowest BCUT2D eigenvalue weighted by atomic mass is 10.1. The Labute approximate surface area is 307 Å². The third-order valence-electron chi connectivity index (χ3n) is 8.99. The van der Waals surface area contributed by atoms with Crippen LogP contribution in [0.4, 0.5) is 0 Å². The molecule has 2 atom stereocenters. The number of amides is 1. The van der Waals surface area contributed by atoms with Crippen molar-refractivity contribution in [2.75, 3.05) is 37.5 Å². The second kappa shape index (κ2) is 29.3. The number of rotatable bonds is 35. The average molecular weight is 751 g/mol. The Kier molecular flexibility index (Phi) is 27.5. The van der Waals surface area contributed by atoms with Crippen LogP contribution in [-0.4, -0.2) is 82.8 Å². The lowest BCUT2D eigenvalue weighted by Gasteiger charge is -2.21. The van der Waals surface area contributed by atoms with Crippen LogP contribution in [0.2, 0.25) is 0 Å². The molecule has 0 aromatic rings. The minimum Gasteiger partial charge on any atom is -0.462 e. The van der Waals surface area contributed by atoms with E-state index in [2.05, 4.69) is 19.2 Å². The smallest absolute Gasteiger partial charge is 0.325 e. The molecule has 294 valence electrons. The number of hydrogen-bond donors (Lipinski definition) is 4. The van der Waals surface area contributed by atoms with Crippen LogP contribution in [0.15, 0.2) is 0 Å². The zero-order chi connectivity index (χ0) is 36.9. The van der Waals surface area contributed by atoms with Crippen molar-refractivity contribution >= 4 is 37.2 Å². The molecule has 1 saturated carbocycles. The van der Waals surface area contributed by atoms with Crippen molar-refractivity contribution in [1.29, 1.82) is 0 Å². The molecule has 0 saturated heterocycles. The molecule has 11 nitrogen and oxygen atoms in total. The third kappa shape index (κ3) is 27.5. The van der Waals surface area contributed by atoms with E-state index in [4.69, 9.17) is 29.7 Å². The second-order valence-electron chi connectivity index (χ2n) is 14.2. The van der Waals surface area contributed by atoms with E-state index in [9.17, 15) is 18.9 Å². The number of carbonyl (C=O) groups is 3. The van der Waals surface area contributed by atoms with Gasteiger partial charge < -0.3 is 35.0 Å². The summed E-state index contributed by atoms with van der Waals surface area (Å²) in [5, 5.41) is 2.97. The van der Waals surface area contributed by atoms with E-state index in [-0.39, 0.29) is 50.2 Å². The van der Waals surface area contributed by atoms with Gasteiger partial charge in [0.2, 0.25) is 5.91 Å². The molecule has 0 unspecified atom stereocenters. The fraction of sp³-hybridized carbons (Fsp3) is 0.919. The van der Waals surface area contributed by atoms with E-state index >= 15 is 0 Å². The van der Waals surface area contributed by atoms with Crippen LogP contribution in [0.25, 0.3) is 0 Å². The molecule has 1 aliphatic carbocycles. The molecule has 50 heavy (non-hydrogen) atoms. The summed E-state index contributed by atoms with van der Waals surface area (Å²) >= 11 is 1.38. The first-order valence-electron chi connectivity index (χ1n) is 19.6. The summed E-state index contributed by atoms with van der Waals surface area (Å²) in [6.45, 7) is 4.88. The number of nitrogens with one attached hydrogen (secondary N) is 1. The monoisotopic (exact) mass is 750 g/mol. The molecule has 13 heteroatoms. The van der Waals surface area contributed by atoms with Crippen molar-refractivity contribution in [3.63, 3.8) is 0 Å². The summed E-state index contributed by atoms with van der Waals surface area (Å²) in [6.07, 6.45) is 22.4. The molecular formula is C37H71N2O9PS. The predicted octanol–water partition coefficient (Wildman–Crippen LogP) is 7.58. The van der Waals surface area contributed by atoms with Gasteiger partial charge in [0.1, 0.15) is 12.7 Å². The summed E-state index contributed by atoms with van der Waals surface area (Å²) in [7, 11) is -4.05. The molecule has 1 rings (SSSR count). The van der Waals surface area contributed by atoms with Crippen LogP contribution in [0.3, 0.4) is 0 Å². The molecule has 0 heterocycles. The maximum Gasteiger partial charge on any atom is 0.325 e. The van der Waals surface area contributed by atoms with Gasteiger partial charge in [-0.3, -0.25) is 18.9 Å². The SMILES string of the molecule is CCCCCCCCCCCC(=O)OC[C@H](CSC[C@@H](N)C(=O)NC1(COCCCP(=O)(O)O)CC1)OC(=O)CCCCCCCCCCC. The number of nitrogens with two attached hydrogens (primary N) is 1. The van der Waals surface area contributed by atoms with Crippen molar-refractivity contribution in [2.45, 2.75) is 179 Å². The maximum absolute atomic E-state index is 12.8. The molecule has 1 amide bonds. The molecule has 1 fully saturated rings. The Morgan fingerprint density at radius 3 is 1.76 bits per heavy atom. The van der Waals surface area contributed by atoms with E-state index in [0.717, 1.165) is 51.4 Å². The lowest BCUT2D eigenvalue weighted by Crippen LogP contribution is -2.49. The van der Waals surface area contributed by atoms with E-state index in [1.807, 2.05) is 0 Å². The molecule has 0 aliphatic heterocycles. The Balaban J connectivity index is 2.43. The van der Waals surface area contributed by atoms with Gasteiger partial charge in [-0.2, -0.15) is 11.8 Å². The standard InChI is InChI=1S/C37H71N2O9PS/c1-3-5-7-9-11-13-15-17-19-22-34(40)47-28-32(48-35(41)23-20-18-16-14-12-10-8-6-4-2)29-50-30-33(38)36(42)39-37(24-25-37)31-46-26-21-27-49(43,44)45/h32-33H,3-31,38H2,1-2H3,(H,39,42)(H2,43,44,45)/t32-,33-/m1/s1. The van der Waals surface area contributed by atoms with Gasteiger partial charge in [0.25, 0.3) is 0 Å². The van der Waals surface area contributed by atoms with Crippen molar-refractivity contribution in [3.8, 4) is 0 Å². The first-order chi connectivity index (χ1) is 24.0. The van der Waals surface area contributed by atoms with Crippen LogP contribution >= 0.6 is 19.4 Å². The topological polar surface area (TPSA) is 174 Å². The van der Waals surface area contributed by atoms with Gasteiger partial charge in [-0.25, -0.2) is 0 Å². The molecule has 5 N–H and O–H groups in total. The Morgan fingerprint density at radius 1 is 0.760 bits per heavy atom. The quantitative estimate of drug-likeness (QED) is 0.0286. The normalized spacial score (nSPS) is 15.0. The number of thioether (sulfide) groups is 1. The Morgan fingerprint density at radius 2 is 1.26 bits per heavy atom. The van der Waals surface area contributed by atoms with Gasteiger partial charge in [-0.1, -0.05) is 117 Å². The first kappa shape index (κ1) is 46.9. The molecule has 0 spiro atoms. The van der Waals surface area contributed by atoms with Crippen LogP contribution in [0.5, 0.6) is 0 Å². The summed E-state index contributed by atoms with van der Waals surface area (Å²) < 4.78 is 27.8. The lowest BCUT2D eigenvalue weighted by molar-refractivity contribution is -0.157. The van der Waals surface area contributed by atoms with Gasteiger partial charge >= 0.3 is 19.5 Å². The minimum atomic E-state index is -4.05. The van der Waals surface area contributed by atoms with E-state index in [1.165, 1.54) is 88.8 Å². The molecular weight excluding hydrogens is 679 g/mol. The molecule has 0 bridgehead atoms. The van der Waals surface area contributed by atoms with Crippen molar-refractivity contribution in [3.05, 3.63) is 0 Å². The Hall–Kier alpha value is -1.17. The molecule has 0 aromatic heterocycles. The molecule has 1 aliphatic rings. The van der Waals surface area contributed by atoms with Crippen LogP contribution in [0, 0.1) is 0 Å². The third-order valence-corrected chi connectivity index (χ3v) is 11.1. The summed E-state index contributed by atoms with van der Waals surface area (Å²) in [5.74, 6) is -0.243. The van der Waals surface area contributed by atoms with Crippen molar-refractivity contribution in [1.82, 2.24) is 5.32 Å². The number of esters is 2. The fourth-order valence-electron chi connectivity index (χ4n) is 5.63. The highest BCUT2D eigenvalue weighted by Crippen LogP contribution is 2.37. The number of carbonyl (C=O) groups excluding carboxylic acids is 3.